The lowest BCUT2D eigenvalue weighted by Gasteiger charge is -2.14. The van der Waals surface area contributed by atoms with Crippen molar-refractivity contribution in [1.29, 1.82) is 0 Å². The molecule has 29 heavy (non-hydrogen) atoms. The van der Waals surface area contributed by atoms with Gasteiger partial charge in [-0.3, -0.25) is 10.1 Å². The zero-order valence-corrected chi connectivity index (χ0v) is 16.5. The maximum atomic E-state index is 12.8. The highest BCUT2D eigenvalue weighted by atomic mass is 32.2. The molecule has 2 N–H and O–H groups in total. The van der Waals surface area contributed by atoms with Gasteiger partial charge in [0.05, 0.1) is 11.3 Å². The molecule has 1 saturated heterocycles. The quantitative estimate of drug-likeness (QED) is 0.305. The van der Waals surface area contributed by atoms with Crippen molar-refractivity contribution in [2.75, 3.05) is 12.3 Å². The number of nitrogens with one attached hydrogen (secondary N) is 2. The van der Waals surface area contributed by atoms with Crippen molar-refractivity contribution in [3.8, 4) is 0 Å². The second-order valence-corrected chi connectivity index (χ2v) is 8.34. The van der Waals surface area contributed by atoms with Crippen LogP contribution in [0.4, 0.5) is 13.2 Å². The normalized spacial score (nSPS) is 21.1. The zero-order valence-electron chi connectivity index (χ0n) is 15.7. The Bertz CT molecular complexity index is 932. The van der Waals surface area contributed by atoms with Crippen molar-refractivity contribution in [2.45, 2.75) is 55.8 Å². The van der Waals surface area contributed by atoms with Crippen LogP contribution in [-0.4, -0.2) is 28.5 Å². The van der Waals surface area contributed by atoms with Crippen molar-refractivity contribution >= 4 is 11.8 Å². The fourth-order valence-electron chi connectivity index (χ4n) is 3.55. The predicted molar refractivity (Wildman–Crippen MR) is 104 cm³/mol. The largest absolute Gasteiger partial charge is 0.416 e. The Kier molecular flexibility index (Phi) is 5.98. The van der Waals surface area contributed by atoms with Crippen LogP contribution < -0.4 is 10.9 Å². The van der Waals surface area contributed by atoms with E-state index in [2.05, 4.69) is 15.3 Å². The summed E-state index contributed by atoms with van der Waals surface area (Å²) >= 11 is 1.51. The van der Waals surface area contributed by atoms with E-state index < -0.39 is 11.7 Å². The third-order valence-electron chi connectivity index (χ3n) is 5.11. The van der Waals surface area contributed by atoms with Gasteiger partial charge in [-0.2, -0.15) is 13.2 Å². The molecule has 0 saturated carbocycles. The van der Waals surface area contributed by atoms with E-state index in [9.17, 15) is 18.0 Å². The van der Waals surface area contributed by atoms with Gasteiger partial charge in [-0.05, 0) is 56.3 Å². The predicted octanol–water partition coefficient (Wildman–Crippen LogP) is 3.84. The van der Waals surface area contributed by atoms with Crippen LogP contribution in [0, 0.1) is 0 Å². The highest BCUT2D eigenvalue weighted by Crippen LogP contribution is 2.39. The van der Waals surface area contributed by atoms with Crippen LogP contribution in [-0.2, 0) is 23.8 Å². The van der Waals surface area contributed by atoms with Gasteiger partial charge < -0.3 is 9.72 Å². The number of hydrogen-bond donors (Lipinski definition) is 2. The van der Waals surface area contributed by atoms with Gasteiger partial charge in [0.1, 0.15) is 12.3 Å². The third kappa shape index (κ3) is 5.02. The van der Waals surface area contributed by atoms with E-state index in [-0.39, 0.29) is 17.9 Å². The van der Waals surface area contributed by atoms with Crippen LogP contribution in [0.2, 0.25) is 0 Å². The molecule has 0 radical (unpaired) electrons. The molecular weight excluding hydrogens is 403 g/mol. The van der Waals surface area contributed by atoms with Crippen molar-refractivity contribution in [3.05, 3.63) is 57.0 Å². The van der Waals surface area contributed by atoms with Gasteiger partial charge in [-0.15, -0.1) is 0 Å². The van der Waals surface area contributed by atoms with Crippen LogP contribution in [0.25, 0.3) is 0 Å². The minimum atomic E-state index is -4.35. The lowest BCUT2D eigenvalue weighted by Crippen LogP contribution is -2.22. The van der Waals surface area contributed by atoms with E-state index >= 15 is 0 Å². The molecule has 0 bridgehead atoms. The molecule has 9 heteroatoms. The number of thioether (sulfide) groups is 1. The van der Waals surface area contributed by atoms with E-state index in [4.69, 9.17) is 4.74 Å². The third-order valence-corrected chi connectivity index (χ3v) is 6.07. The number of hydrogen-bond acceptors (Lipinski definition) is 5. The SMILES string of the molecule is O=c1[nH]c(SCCCNC2OC2c2cccc(C(F)(F)F)c2)nc2c1CCCC2. The Morgan fingerprint density at radius 2 is 2.10 bits per heavy atom. The molecule has 0 spiro atoms. The Labute approximate surface area is 170 Å². The number of H-pyrrole nitrogens is 1. The molecule has 2 aromatic rings. The van der Waals surface area contributed by atoms with E-state index in [1.54, 1.807) is 6.07 Å². The molecule has 0 amide bonds. The first-order valence-corrected chi connectivity index (χ1v) is 10.7. The molecular formula is C20H22F3N3O2S. The van der Waals surface area contributed by atoms with E-state index in [1.807, 2.05) is 0 Å². The van der Waals surface area contributed by atoms with Gasteiger partial charge in [-0.25, -0.2) is 4.98 Å². The van der Waals surface area contributed by atoms with Crippen LogP contribution >= 0.6 is 11.8 Å². The van der Waals surface area contributed by atoms with Gasteiger partial charge in [0.25, 0.3) is 5.56 Å². The minimum absolute atomic E-state index is 0.0226. The van der Waals surface area contributed by atoms with E-state index in [1.165, 1.54) is 17.8 Å². The van der Waals surface area contributed by atoms with Gasteiger partial charge in [0, 0.05) is 11.3 Å². The summed E-state index contributed by atoms with van der Waals surface area (Å²) in [6.45, 7) is 0.669. The Balaban J connectivity index is 1.21. The average Bonchev–Trinajstić information content (AvgIpc) is 3.47. The second kappa shape index (κ2) is 8.49. The highest BCUT2D eigenvalue weighted by Gasteiger charge is 2.41. The molecule has 4 rings (SSSR count). The van der Waals surface area contributed by atoms with Crippen LogP contribution in [0.3, 0.4) is 0 Å². The zero-order chi connectivity index (χ0) is 20.4. The molecule has 1 aromatic heterocycles. The fourth-order valence-corrected chi connectivity index (χ4v) is 4.37. The fraction of sp³-hybridized carbons (Fsp3) is 0.500. The number of fused-ring (bicyclic) bond motifs is 1. The highest BCUT2D eigenvalue weighted by molar-refractivity contribution is 7.99. The molecule has 1 aliphatic carbocycles. The average molecular weight is 425 g/mol. The van der Waals surface area contributed by atoms with Crippen LogP contribution in [0.1, 0.15) is 47.8 Å². The van der Waals surface area contributed by atoms with E-state index in [0.29, 0.717) is 17.3 Å². The number of aromatic nitrogens is 2. The standard InChI is InChI=1S/C20H22F3N3O2S/c21-20(22,23)13-6-3-5-12(11-13)16-18(28-16)24-9-4-10-29-19-25-15-8-2-1-7-14(15)17(27)26-19/h3,5-6,11,16,18,24H,1-2,4,7-10H2,(H,25,26,27). The number of aromatic amines is 1. The van der Waals surface area contributed by atoms with Gasteiger partial charge in [-0.1, -0.05) is 23.9 Å². The second-order valence-electron chi connectivity index (χ2n) is 7.26. The Hall–Kier alpha value is -1.84. The minimum Gasteiger partial charge on any atom is -0.348 e. The molecule has 2 heterocycles. The molecule has 1 fully saturated rings. The van der Waals surface area contributed by atoms with E-state index in [0.717, 1.165) is 61.2 Å². The van der Waals surface area contributed by atoms with Crippen molar-refractivity contribution in [1.82, 2.24) is 15.3 Å². The number of nitrogens with zero attached hydrogens (tertiary/aromatic N) is 1. The summed E-state index contributed by atoms with van der Waals surface area (Å²) in [6, 6.07) is 5.25. The maximum absolute atomic E-state index is 12.8. The first kappa shape index (κ1) is 20.4. The molecule has 1 aliphatic heterocycles. The molecule has 1 aromatic carbocycles. The summed E-state index contributed by atoms with van der Waals surface area (Å²) in [4.78, 5) is 19.5. The van der Waals surface area contributed by atoms with Crippen molar-refractivity contribution < 1.29 is 17.9 Å². The molecule has 5 nitrogen and oxygen atoms in total. The lowest BCUT2D eigenvalue weighted by molar-refractivity contribution is -0.137. The summed E-state index contributed by atoms with van der Waals surface area (Å²) in [5.41, 5.74) is 1.60. The number of rotatable bonds is 7. The molecule has 156 valence electrons. The van der Waals surface area contributed by atoms with Crippen LogP contribution in [0.5, 0.6) is 0 Å². The maximum Gasteiger partial charge on any atom is 0.416 e. The van der Waals surface area contributed by atoms with Crippen molar-refractivity contribution in [2.24, 2.45) is 0 Å². The van der Waals surface area contributed by atoms with Crippen molar-refractivity contribution in [3.63, 3.8) is 0 Å². The topological polar surface area (TPSA) is 70.3 Å². The summed E-state index contributed by atoms with van der Waals surface area (Å²) < 4.78 is 43.9. The number of epoxide rings is 1. The summed E-state index contributed by atoms with van der Waals surface area (Å²) in [5.74, 6) is 0.773. The van der Waals surface area contributed by atoms with Gasteiger partial charge in [0.2, 0.25) is 0 Å². The number of halogens is 3. The smallest absolute Gasteiger partial charge is 0.348 e. The van der Waals surface area contributed by atoms with Crippen LogP contribution in [0.15, 0.2) is 34.2 Å². The summed E-state index contributed by atoms with van der Waals surface area (Å²) in [6.07, 6.45) is -0.344. The number of aryl methyl sites for hydroxylation is 1. The molecule has 2 aliphatic rings. The Morgan fingerprint density at radius 3 is 2.93 bits per heavy atom. The number of ether oxygens (including phenoxy) is 1. The Morgan fingerprint density at radius 1 is 1.28 bits per heavy atom. The monoisotopic (exact) mass is 425 g/mol. The summed E-state index contributed by atoms with van der Waals surface area (Å²) in [7, 11) is 0. The first-order chi connectivity index (χ1) is 13.9. The lowest BCUT2D eigenvalue weighted by atomic mass is 9.97. The van der Waals surface area contributed by atoms with Gasteiger partial charge in [0.15, 0.2) is 5.16 Å². The number of benzene rings is 1. The first-order valence-electron chi connectivity index (χ1n) is 9.73. The molecule has 2 unspecified atom stereocenters. The molecule has 2 atom stereocenters. The summed E-state index contributed by atoms with van der Waals surface area (Å²) in [5, 5.41) is 3.85. The van der Waals surface area contributed by atoms with Gasteiger partial charge >= 0.3 is 6.18 Å². The number of alkyl halides is 3.